The van der Waals surface area contributed by atoms with E-state index >= 15 is 0 Å². The molecule has 0 aliphatic heterocycles. The van der Waals surface area contributed by atoms with E-state index < -0.39 is 11.0 Å². The SMILES string of the molecule is CCC(CC)N(C)S(=O)c1ccc(C)cc1C(C)(C)C. The molecule has 1 atom stereocenters. The molecule has 0 N–H and O–H groups in total. The molecule has 0 aromatic heterocycles. The third-order valence-corrected chi connectivity index (χ3v) is 5.40. The Kier molecular flexibility index (Phi) is 5.96. The summed E-state index contributed by atoms with van der Waals surface area (Å²) in [7, 11) is 0.881. The molecule has 3 heteroatoms. The Labute approximate surface area is 127 Å². The van der Waals surface area contributed by atoms with E-state index in [-0.39, 0.29) is 5.41 Å². The maximum Gasteiger partial charge on any atom is 0.127 e. The molecule has 0 heterocycles. The second-order valence-electron chi connectivity index (χ2n) is 6.52. The van der Waals surface area contributed by atoms with Gasteiger partial charge in [-0.1, -0.05) is 52.3 Å². The standard InChI is InChI=1S/C17H29NOS/c1-8-14(9-2)18(7)20(19)16-11-10-13(3)12-15(16)17(4,5)6/h10-12,14H,8-9H2,1-7H3. The van der Waals surface area contributed by atoms with Gasteiger partial charge in [-0.2, -0.15) is 0 Å². The van der Waals surface area contributed by atoms with Crippen molar-refractivity contribution >= 4 is 11.0 Å². The van der Waals surface area contributed by atoms with Crippen molar-refractivity contribution < 1.29 is 4.21 Å². The summed E-state index contributed by atoms with van der Waals surface area (Å²) in [6, 6.07) is 6.63. The Morgan fingerprint density at radius 1 is 1.20 bits per heavy atom. The monoisotopic (exact) mass is 295 g/mol. The molecule has 0 aliphatic carbocycles. The van der Waals surface area contributed by atoms with E-state index in [0.29, 0.717) is 6.04 Å². The lowest BCUT2D eigenvalue weighted by atomic mass is 9.86. The number of rotatable bonds is 5. The summed E-state index contributed by atoms with van der Waals surface area (Å²) in [6.07, 6.45) is 2.05. The summed E-state index contributed by atoms with van der Waals surface area (Å²) in [5.41, 5.74) is 2.42. The Morgan fingerprint density at radius 3 is 2.20 bits per heavy atom. The first-order valence-corrected chi connectivity index (χ1v) is 8.58. The van der Waals surface area contributed by atoms with Gasteiger partial charge in [-0.05, 0) is 36.8 Å². The minimum Gasteiger partial charge on any atom is -0.237 e. The molecule has 0 aliphatic rings. The lowest BCUT2D eigenvalue weighted by Crippen LogP contribution is -2.33. The van der Waals surface area contributed by atoms with Crippen LogP contribution in [0.15, 0.2) is 23.1 Å². The average molecular weight is 295 g/mol. The molecule has 0 fully saturated rings. The van der Waals surface area contributed by atoms with Gasteiger partial charge in [0.05, 0.1) is 4.90 Å². The molecule has 0 saturated carbocycles. The summed E-state index contributed by atoms with van der Waals surface area (Å²) in [4.78, 5) is 0.956. The van der Waals surface area contributed by atoms with Gasteiger partial charge >= 0.3 is 0 Å². The molecule has 1 unspecified atom stereocenters. The number of benzene rings is 1. The van der Waals surface area contributed by atoms with Crippen molar-refractivity contribution in [3.8, 4) is 0 Å². The molecule has 0 amide bonds. The van der Waals surface area contributed by atoms with E-state index in [4.69, 9.17) is 0 Å². The van der Waals surface area contributed by atoms with Crippen molar-refractivity contribution in [1.82, 2.24) is 4.31 Å². The fraction of sp³-hybridized carbons (Fsp3) is 0.647. The maximum absolute atomic E-state index is 12.9. The first kappa shape index (κ1) is 17.4. The summed E-state index contributed by atoms with van der Waals surface area (Å²) < 4.78 is 14.9. The van der Waals surface area contributed by atoms with Gasteiger partial charge in [0.2, 0.25) is 0 Å². The fourth-order valence-electron chi connectivity index (χ4n) is 2.48. The van der Waals surface area contributed by atoms with Crippen LogP contribution >= 0.6 is 0 Å². The Bertz CT molecular complexity index is 472. The molecule has 1 aromatic rings. The lowest BCUT2D eigenvalue weighted by Gasteiger charge is -2.29. The number of hydrogen-bond acceptors (Lipinski definition) is 1. The van der Waals surface area contributed by atoms with Crippen LogP contribution in [0.1, 0.15) is 58.6 Å². The minimum atomic E-state index is -1.09. The zero-order valence-corrected chi connectivity index (χ0v) is 14.8. The Hall–Kier alpha value is -0.670. The van der Waals surface area contributed by atoms with Crippen molar-refractivity contribution in [2.24, 2.45) is 0 Å². The fourth-order valence-corrected chi connectivity index (χ4v) is 4.09. The van der Waals surface area contributed by atoms with Crippen LogP contribution in [0.25, 0.3) is 0 Å². The van der Waals surface area contributed by atoms with E-state index in [0.717, 1.165) is 17.7 Å². The van der Waals surface area contributed by atoms with Gasteiger partial charge in [0.15, 0.2) is 0 Å². The van der Waals surface area contributed by atoms with E-state index in [1.807, 2.05) is 17.4 Å². The highest BCUT2D eigenvalue weighted by Crippen LogP contribution is 2.30. The number of nitrogens with zero attached hydrogens (tertiary/aromatic N) is 1. The lowest BCUT2D eigenvalue weighted by molar-refractivity contribution is 0.368. The van der Waals surface area contributed by atoms with E-state index in [2.05, 4.69) is 53.7 Å². The van der Waals surface area contributed by atoms with Gasteiger partial charge < -0.3 is 0 Å². The summed E-state index contributed by atoms with van der Waals surface area (Å²) >= 11 is 0. The molecule has 0 radical (unpaired) electrons. The number of aryl methyl sites for hydroxylation is 1. The molecule has 2 nitrogen and oxygen atoms in total. The summed E-state index contributed by atoms with van der Waals surface area (Å²) in [5, 5.41) is 0. The van der Waals surface area contributed by atoms with Crippen LogP contribution in [0, 0.1) is 6.92 Å². The first-order chi connectivity index (χ1) is 9.22. The second-order valence-corrected chi connectivity index (χ2v) is 8.03. The van der Waals surface area contributed by atoms with Crippen molar-refractivity contribution in [3.63, 3.8) is 0 Å². The predicted molar refractivity (Wildman–Crippen MR) is 88.4 cm³/mol. The highest BCUT2D eigenvalue weighted by molar-refractivity contribution is 7.82. The van der Waals surface area contributed by atoms with Crippen LogP contribution in [0.4, 0.5) is 0 Å². The maximum atomic E-state index is 12.9. The minimum absolute atomic E-state index is 0.00573. The van der Waals surface area contributed by atoms with Crippen molar-refractivity contribution in [2.45, 2.75) is 70.7 Å². The topological polar surface area (TPSA) is 20.3 Å². The molecule has 0 bridgehead atoms. The molecular formula is C17H29NOS. The van der Waals surface area contributed by atoms with Gasteiger partial charge in [-0.15, -0.1) is 0 Å². The largest absolute Gasteiger partial charge is 0.237 e. The van der Waals surface area contributed by atoms with Crippen LogP contribution in [0.2, 0.25) is 0 Å². The highest BCUT2D eigenvalue weighted by atomic mass is 32.2. The van der Waals surface area contributed by atoms with E-state index in [1.165, 1.54) is 11.1 Å². The Balaban J connectivity index is 3.23. The van der Waals surface area contributed by atoms with Gasteiger partial charge in [0, 0.05) is 13.1 Å². The normalized spacial score (nSPS) is 14.1. The smallest absolute Gasteiger partial charge is 0.127 e. The van der Waals surface area contributed by atoms with Crippen LogP contribution in [0.3, 0.4) is 0 Å². The quantitative estimate of drug-likeness (QED) is 0.786. The third-order valence-electron chi connectivity index (χ3n) is 3.85. The molecule has 0 spiro atoms. The molecule has 20 heavy (non-hydrogen) atoms. The zero-order valence-electron chi connectivity index (χ0n) is 14.0. The average Bonchev–Trinajstić information content (AvgIpc) is 2.38. The van der Waals surface area contributed by atoms with Crippen LogP contribution < -0.4 is 0 Å². The zero-order chi connectivity index (χ0) is 15.5. The van der Waals surface area contributed by atoms with Crippen molar-refractivity contribution in [2.75, 3.05) is 7.05 Å². The second kappa shape index (κ2) is 6.86. The molecule has 0 saturated heterocycles. The first-order valence-electron chi connectivity index (χ1n) is 7.48. The van der Waals surface area contributed by atoms with Crippen LogP contribution in [-0.2, 0) is 16.4 Å². The molecular weight excluding hydrogens is 266 g/mol. The third kappa shape index (κ3) is 3.92. The molecule has 1 rings (SSSR count). The van der Waals surface area contributed by atoms with Gasteiger partial charge in [-0.3, -0.25) is 0 Å². The highest BCUT2D eigenvalue weighted by Gasteiger charge is 2.25. The molecule has 114 valence electrons. The van der Waals surface area contributed by atoms with Gasteiger partial charge in [0.25, 0.3) is 0 Å². The van der Waals surface area contributed by atoms with E-state index in [1.54, 1.807) is 0 Å². The van der Waals surface area contributed by atoms with Crippen LogP contribution in [-0.4, -0.2) is 21.6 Å². The van der Waals surface area contributed by atoms with Gasteiger partial charge in [0.1, 0.15) is 11.0 Å². The van der Waals surface area contributed by atoms with Crippen molar-refractivity contribution in [1.29, 1.82) is 0 Å². The Morgan fingerprint density at radius 2 is 1.75 bits per heavy atom. The molecule has 1 aromatic carbocycles. The summed E-state index contributed by atoms with van der Waals surface area (Å²) in [6.45, 7) is 12.9. The predicted octanol–water partition coefficient (Wildman–Crippen LogP) is 4.44. The van der Waals surface area contributed by atoms with Crippen LogP contribution in [0.5, 0.6) is 0 Å². The van der Waals surface area contributed by atoms with E-state index in [9.17, 15) is 4.21 Å². The van der Waals surface area contributed by atoms with Gasteiger partial charge in [-0.25, -0.2) is 8.51 Å². The number of hydrogen-bond donors (Lipinski definition) is 0. The summed E-state index contributed by atoms with van der Waals surface area (Å²) in [5.74, 6) is 0. The van der Waals surface area contributed by atoms with Crippen molar-refractivity contribution in [3.05, 3.63) is 29.3 Å².